The third kappa shape index (κ3) is 3.19. The van der Waals surface area contributed by atoms with Gasteiger partial charge in [-0.05, 0) is 37.3 Å². The number of nitrogens with one attached hydrogen (secondary N) is 2. The minimum absolute atomic E-state index is 0.159. The number of nitrogens with zero attached hydrogens (tertiary/aromatic N) is 5. The lowest BCUT2D eigenvalue weighted by Gasteiger charge is -2.20. The first kappa shape index (κ1) is 19.1. The number of aromatic nitrogens is 5. The van der Waals surface area contributed by atoms with Crippen LogP contribution in [-0.4, -0.2) is 36.8 Å². The minimum Gasteiger partial charge on any atom is -0.381 e. The number of amides is 1. The summed E-state index contributed by atoms with van der Waals surface area (Å²) in [5, 5.41) is 15.4. The Morgan fingerprint density at radius 3 is 3.03 bits per heavy atom. The maximum absolute atomic E-state index is 13.2. The fraction of sp³-hybridized carbons (Fsp3) is 0.143. The highest BCUT2D eigenvalue weighted by Gasteiger charge is 2.26. The molecule has 9 nitrogen and oxygen atoms in total. The van der Waals surface area contributed by atoms with Crippen molar-refractivity contribution in [3.05, 3.63) is 65.1 Å². The number of nitrogens with two attached hydrogens (primary N) is 1. The van der Waals surface area contributed by atoms with Crippen molar-refractivity contribution in [2.75, 3.05) is 17.6 Å². The van der Waals surface area contributed by atoms with E-state index in [1.165, 1.54) is 0 Å². The molecule has 0 saturated heterocycles. The lowest BCUT2D eigenvalue weighted by Crippen LogP contribution is -2.29. The van der Waals surface area contributed by atoms with Crippen LogP contribution in [0.15, 0.2) is 48.9 Å². The van der Waals surface area contributed by atoms with E-state index in [4.69, 9.17) is 17.3 Å². The Labute approximate surface area is 182 Å². The van der Waals surface area contributed by atoms with Crippen LogP contribution >= 0.6 is 11.6 Å². The molecule has 5 heterocycles. The second kappa shape index (κ2) is 7.44. The van der Waals surface area contributed by atoms with Gasteiger partial charge in [-0.25, -0.2) is 9.20 Å². The highest BCUT2D eigenvalue weighted by Crippen LogP contribution is 2.33. The summed E-state index contributed by atoms with van der Waals surface area (Å²) in [6.45, 7) is 2.48. The lowest BCUT2D eigenvalue weighted by molar-refractivity contribution is 0.0941. The Morgan fingerprint density at radius 2 is 2.23 bits per heavy atom. The zero-order valence-corrected chi connectivity index (χ0v) is 17.3. The fourth-order valence-corrected chi connectivity index (χ4v) is 4.05. The number of carbonyl (C=O) groups is 1. The summed E-state index contributed by atoms with van der Waals surface area (Å²) in [7, 11) is 0. The molecule has 0 aliphatic carbocycles. The molecule has 1 aliphatic heterocycles. The van der Waals surface area contributed by atoms with Gasteiger partial charge in [-0.2, -0.15) is 5.10 Å². The van der Waals surface area contributed by atoms with Gasteiger partial charge in [-0.3, -0.25) is 9.78 Å². The summed E-state index contributed by atoms with van der Waals surface area (Å²) in [6.07, 6.45) is 8.81. The number of nitrogen functional groups attached to an aromatic ring is 1. The van der Waals surface area contributed by atoms with Gasteiger partial charge in [0.2, 0.25) is 0 Å². The molecule has 31 heavy (non-hydrogen) atoms. The molecule has 1 atom stereocenters. The van der Waals surface area contributed by atoms with Crippen LogP contribution in [0.2, 0.25) is 5.02 Å². The van der Waals surface area contributed by atoms with Crippen molar-refractivity contribution in [2.24, 2.45) is 0 Å². The van der Waals surface area contributed by atoms with E-state index < -0.39 is 6.04 Å². The van der Waals surface area contributed by atoms with E-state index in [2.05, 4.69) is 25.8 Å². The number of pyridine rings is 2. The predicted octanol–water partition coefficient (Wildman–Crippen LogP) is 3.22. The number of carbonyl (C=O) groups excluding carboxylic acids is 1. The van der Waals surface area contributed by atoms with Gasteiger partial charge in [-0.1, -0.05) is 11.6 Å². The number of hydrogen-bond acceptors (Lipinski definition) is 6. The second-order valence-corrected chi connectivity index (χ2v) is 7.59. The molecule has 0 spiro atoms. The molecule has 4 aromatic rings. The molecule has 156 valence electrons. The minimum atomic E-state index is -0.400. The molecule has 5 rings (SSSR count). The van der Waals surface area contributed by atoms with Crippen molar-refractivity contribution in [1.29, 1.82) is 0 Å². The van der Waals surface area contributed by atoms with E-state index in [9.17, 15) is 4.79 Å². The summed E-state index contributed by atoms with van der Waals surface area (Å²) in [5.41, 5.74) is 9.58. The fourth-order valence-electron chi connectivity index (χ4n) is 3.79. The number of fused-ring (bicyclic) bond motifs is 2. The third-order valence-electron chi connectivity index (χ3n) is 5.20. The van der Waals surface area contributed by atoms with Gasteiger partial charge in [0.1, 0.15) is 11.4 Å². The van der Waals surface area contributed by atoms with Crippen molar-refractivity contribution < 1.29 is 4.79 Å². The molecule has 0 fully saturated rings. The van der Waals surface area contributed by atoms with Gasteiger partial charge < -0.3 is 16.4 Å². The zero-order valence-electron chi connectivity index (χ0n) is 16.6. The number of anilines is 2. The monoisotopic (exact) mass is 434 g/mol. The average molecular weight is 435 g/mol. The van der Waals surface area contributed by atoms with Gasteiger partial charge in [0.05, 0.1) is 28.5 Å². The molecule has 0 aromatic carbocycles. The van der Waals surface area contributed by atoms with E-state index in [0.717, 1.165) is 22.3 Å². The van der Waals surface area contributed by atoms with Crippen LogP contribution in [0.4, 0.5) is 11.6 Å². The van der Waals surface area contributed by atoms with Gasteiger partial charge in [0.25, 0.3) is 5.91 Å². The maximum Gasteiger partial charge on any atom is 0.259 e. The predicted molar refractivity (Wildman–Crippen MR) is 120 cm³/mol. The van der Waals surface area contributed by atoms with Crippen molar-refractivity contribution >= 4 is 40.9 Å². The number of rotatable bonds is 4. The number of halogens is 1. The molecule has 10 heteroatoms. The van der Waals surface area contributed by atoms with Crippen LogP contribution in [0.1, 0.15) is 28.9 Å². The standard InChI is InChI=1S/C21H19ClN8O/c1-12(27-21(31)17-19(23)28-29-9-3-7-25-20(17)29)14-10-15(22)16-5-8-26-30(16)18(14)13-4-2-6-24-11-13/h2-6,8-12,25H,7H2,1H3,(H2,23,28)(H,27,31). The van der Waals surface area contributed by atoms with Crippen LogP contribution < -0.4 is 16.4 Å². The molecule has 1 aliphatic rings. The molecule has 4 N–H and O–H groups in total. The first-order chi connectivity index (χ1) is 15.0. The largest absolute Gasteiger partial charge is 0.381 e. The summed E-state index contributed by atoms with van der Waals surface area (Å²) >= 11 is 6.52. The molecular weight excluding hydrogens is 416 g/mol. The molecule has 4 aromatic heterocycles. The highest BCUT2D eigenvalue weighted by atomic mass is 35.5. The maximum atomic E-state index is 13.2. The smallest absolute Gasteiger partial charge is 0.259 e. The Hall–Kier alpha value is -3.85. The van der Waals surface area contributed by atoms with Crippen LogP contribution in [0.5, 0.6) is 0 Å². The lowest BCUT2D eigenvalue weighted by atomic mass is 10.0. The Bertz CT molecular complexity index is 1320. The first-order valence-electron chi connectivity index (χ1n) is 9.70. The molecule has 1 amide bonds. The molecular formula is C21H19ClN8O. The Balaban J connectivity index is 1.57. The highest BCUT2D eigenvalue weighted by molar-refractivity contribution is 6.34. The summed E-state index contributed by atoms with van der Waals surface area (Å²) < 4.78 is 3.33. The van der Waals surface area contributed by atoms with Crippen LogP contribution in [0.25, 0.3) is 23.0 Å². The van der Waals surface area contributed by atoms with Crippen LogP contribution in [0.3, 0.4) is 0 Å². The van der Waals surface area contributed by atoms with Crippen molar-refractivity contribution in [3.63, 3.8) is 0 Å². The van der Waals surface area contributed by atoms with Crippen molar-refractivity contribution in [2.45, 2.75) is 13.0 Å². The van der Waals surface area contributed by atoms with E-state index in [0.29, 0.717) is 22.9 Å². The molecule has 0 radical (unpaired) electrons. The quantitative estimate of drug-likeness (QED) is 0.454. The van der Waals surface area contributed by atoms with Gasteiger partial charge in [-0.15, -0.1) is 5.10 Å². The Kier molecular flexibility index (Phi) is 4.59. The molecule has 0 saturated carbocycles. The summed E-state index contributed by atoms with van der Waals surface area (Å²) in [5.74, 6) is 0.396. The molecule has 1 unspecified atom stereocenters. The van der Waals surface area contributed by atoms with E-state index in [-0.39, 0.29) is 11.7 Å². The first-order valence-corrected chi connectivity index (χ1v) is 10.1. The zero-order chi connectivity index (χ0) is 21.5. The van der Waals surface area contributed by atoms with E-state index >= 15 is 0 Å². The third-order valence-corrected chi connectivity index (χ3v) is 5.51. The molecule has 0 bridgehead atoms. The van der Waals surface area contributed by atoms with E-state index in [1.807, 2.05) is 37.3 Å². The number of hydrogen-bond donors (Lipinski definition) is 3. The topological polar surface area (TPSA) is 115 Å². The van der Waals surface area contributed by atoms with Crippen LogP contribution in [0, 0.1) is 0 Å². The van der Waals surface area contributed by atoms with Crippen molar-refractivity contribution in [1.82, 2.24) is 29.7 Å². The average Bonchev–Trinajstić information content (AvgIpc) is 3.38. The van der Waals surface area contributed by atoms with E-state index in [1.54, 1.807) is 34.0 Å². The SMILES string of the molecule is CC(NC(=O)c1c(N)nn2c1NCC=C2)c1cc(Cl)c2ccnn2c1-c1cccnc1. The van der Waals surface area contributed by atoms with Crippen molar-refractivity contribution in [3.8, 4) is 11.3 Å². The van der Waals surface area contributed by atoms with Gasteiger partial charge >= 0.3 is 0 Å². The summed E-state index contributed by atoms with van der Waals surface area (Å²) in [6, 6.07) is 7.09. The normalized spacial score (nSPS) is 13.6. The van der Waals surface area contributed by atoms with Gasteiger partial charge in [0.15, 0.2) is 5.82 Å². The Morgan fingerprint density at radius 1 is 1.35 bits per heavy atom. The summed E-state index contributed by atoms with van der Waals surface area (Å²) in [4.78, 5) is 17.4. The van der Waals surface area contributed by atoms with Crippen LogP contribution in [-0.2, 0) is 0 Å². The van der Waals surface area contributed by atoms with Gasteiger partial charge in [0, 0.05) is 36.3 Å². The second-order valence-electron chi connectivity index (χ2n) is 7.18.